The largest absolute Gasteiger partial charge is 0.339 e. The van der Waals surface area contributed by atoms with Gasteiger partial charge in [-0.25, -0.2) is 4.68 Å². The molecule has 2 N–H and O–H groups in total. The topological polar surface area (TPSA) is 76.0 Å². The predicted octanol–water partition coefficient (Wildman–Crippen LogP) is 4.35. The van der Waals surface area contributed by atoms with Gasteiger partial charge in [0.25, 0.3) is 5.91 Å². The van der Waals surface area contributed by atoms with Crippen molar-refractivity contribution in [2.24, 2.45) is 0 Å². The summed E-state index contributed by atoms with van der Waals surface area (Å²) in [6.45, 7) is 3.84. The lowest BCUT2D eigenvalue weighted by Crippen LogP contribution is -2.50. The van der Waals surface area contributed by atoms with Crippen LogP contribution >= 0.6 is 0 Å². The van der Waals surface area contributed by atoms with Gasteiger partial charge in [-0.3, -0.25) is 9.59 Å². The van der Waals surface area contributed by atoms with E-state index in [0.717, 1.165) is 33.6 Å². The third-order valence-electron chi connectivity index (χ3n) is 6.28. The van der Waals surface area contributed by atoms with Crippen molar-refractivity contribution in [2.45, 2.75) is 25.8 Å². The lowest BCUT2D eigenvalue weighted by molar-refractivity contribution is -0.118. The summed E-state index contributed by atoms with van der Waals surface area (Å²) in [5, 5.41) is 10.7. The molecule has 35 heavy (non-hydrogen) atoms. The Balaban J connectivity index is 1.62. The maximum atomic E-state index is 13.5. The molecule has 1 aromatic heterocycles. The van der Waals surface area contributed by atoms with Gasteiger partial charge in [-0.1, -0.05) is 53.9 Å². The molecule has 6 nitrogen and oxygen atoms in total. The number of amides is 2. The van der Waals surface area contributed by atoms with Gasteiger partial charge < -0.3 is 10.6 Å². The number of hydrogen-bond acceptors (Lipinski definition) is 3. The van der Waals surface area contributed by atoms with Crippen LogP contribution in [-0.2, 0) is 4.79 Å². The summed E-state index contributed by atoms with van der Waals surface area (Å²) >= 11 is 0. The van der Waals surface area contributed by atoms with E-state index in [1.165, 1.54) is 0 Å². The van der Waals surface area contributed by atoms with Gasteiger partial charge in [0.2, 0.25) is 5.91 Å². The van der Waals surface area contributed by atoms with E-state index < -0.39 is 12.0 Å². The molecular weight excluding hydrogens is 436 g/mol. The summed E-state index contributed by atoms with van der Waals surface area (Å²) in [6.07, 6.45) is 5.55. The second-order valence-corrected chi connectivity index (χ2v) is 8.65. The van der Waals surface area contributed by atoms with E-state index >= 15 is 0 Å². The lowest BCUT2D eigenvalue weighted by Gasteiger charge is -2.33. The quantitative estimate of drug-likeness (QED) is 0.445. The van der Waals surface area contributed by atoms with E-state index in [1.54, 1.807) is 16.8 Å². The lowest BCUT2D eigenvalue weighted by atomic mass is 9.81. The number of carbonyl (C=O) groups excluding carboxylic acids is 2. The minimum atomic E-state index is -0.834. The molecule has 0 radical (unpaired) electrons. The number of terminal acetylenes is 1. The molecule has 3 aromatic carbocycles. The van der Waals surface area contributed by atoms with Crippen LogP contribution in [0, 0.1) is 26.2 Å². The fraction of sp³-hybridized carbons (Fsp3) is 0.138. The van der Waals surface area contributed by atoms with Crippen molar-refractivity contribution in [1.29, 1.82) is 0 Å². The SMILES string of the molecule is C#Cc1ccc(C2c3c(C)nn(-c4ccccc4)c3NC(=O)C2NC(=O)c2cccc(C)c2)cc1. The summed E-state index contributed by atoms with van der Waals surface area (Å²) in [7, 11) is 0. The Morgan fingerprint density at radius 2 is 1.77 bits per heavy atom. The molecule has 2 unspecified atom stereocenters. The molecule has 2 amide bonds. The number of para-hydroxylation sites is 1. The first-order valence-electron chi connectivity index (χ1n) is 11.4. The smallest absolute Gasteiger partial charge is 0.251 e. The maximum Gasteiger partial charge on any atom is 0.251 e. The highest BCUT2D eigenvalue weighted by molar-refractivity contribution is 6.04. The molecule has 0 saturated carbocycles. The normalized spacial score (nSPS) is 16.7. The van der Waals surface area contributed by atoms with E-state index in [9.17, 15) is 9.59 Å². The van der Waals surface area contributed by atoms with E-state index in [-0.39, 0.29) is 11.8 Å². The first-order valence-corrected chi connectivity index (χ1v) is 11.4. The van der Waals surface area contributed by atoms with Gasteiger partial charge in [0, 0.05) is 22.6 Å². The molecule has 0 spiro atoms. The van der Waals surface area contributed by atoms with Gasteiger partial charge in [0.05, 0.1) is 11.4 Å². The van der Waals surface area contributed by atoms with Gasteiger partial charge in [-0.2, -0.15) is 5.10 Å². The fourth-order valence-corrected chi connectivity index (χ4v) is 4.61. The minimum Gasteiger partial charge on any atom is -0.339 e. The number of anilines is 1. The number of hydrogen-bond donors (Lipinski definition) is 2. The van der Waals surface area contributed by atoms with Crippen LogP contribution in [0.15, 0.2) is 78.9 Å². The summed E-state index contributed by atoms with van der Waals surface area (Å²) in [6, 6.07) is 23.6. The number of aryl methyl sites for hydroxylation is 2. The van der Waals surface area contributed by atoms with Crippen LogP contribution in [0.5, 0.6) is 0 Å². The number of rotatable bonds is 4. The summed E-state index contributed by atoms with van der Waals surface area (Å²) in [5.74, 6) is 2.17. The van der Waals surface area contributed by atoms with Crippen LogP contribution in [0.2, 0.25) is 0 Å². The van der Waals surface area contributed by atoms with Gasteiger partial charge in [-0.15, -0.1) is 6.42 Å². The predicted molar refractivity (Wildman–Crippen MR) is 136 cm³/mol. The first kappa shape index (κ1) is 22.2. The van der Waals surface area contributed by atoms with E-state index in [1.807, 2.05) is 80.6 Å². The summed E-state index contributed by atoms with van der Waals surface area (Å²) < 4.78 is 1.74. The number of fused-ring (bicyclic) bond motifs is 1. The summed E-state index contributed by atoms with van der Waals surface area (Å²) in [4.78, 5) is 26.7. The molecule has 1 aliphatic heterocycles. The maximum absolute atomic E-state index is 13.5. The number of carbonyl (C=O) groups is 2. The molecule has 0 bridgehead atoms. The van der Waals surface area contributed by atoms with Gasteiger partial charge >= 0.3 is 0 Å². The second kappa shape index (κ2) is 8.96. The first-order chi connectivity index (χ1) is 17.0. The fourth-order valence-electron chi connectivity index (χ4n) is 4.61. The van der Waals surface area contributed by atoms with Gasteiger partial charge in [-0.05, 0) is 55.8 Å². The zero-order chi connectivity index (χ0) is 24.5. The monoisotopic (exact) mass is 460 g/mol. The molecule has 5 rings (SSSR count). The number of benzene rings is 3. The number of nitrogens with zero attached hydrogens (tertiary/aromatic N) is 2. The highest BCUT2D eigenvalue weighted by Gasteiger charge is 2.41. The third-order valence-corrected chi connectivity index (χ3v) is 6.28. The van der Waals surface area contributed by atoms with Gasteiger partial charge in [0.15, 0.2) is 0 Å². The van der Waals surface area contributed by atoms with Crippen molar-refractivity contribution in [3.05, 3.63) is 112 Å². The number of nitrogens with one attached hydrogen (secondary N) is 2. The highest BCUT2D eigenvalue weighted by Crippen LogP contribution is 2.40. The van der Waals surface area contributed by atoms with Crippen LogP contribution in [0.4, 0.5) is 5.82 Å². The molecule has 1 aliphatic rings. The zero-order valence-electron chi connectivity index (χ0n) is 19.4. The third kappa shape index (κ3) is 4.09. The average Bonchev–Trinajstić information content (AvgIpc) is 3.20. The van der Waals surface area contributed by atoms with Crippen molar-refractivity contribution < 1.29 is 9.59 Å². The molecule has 172 valence electrons. The van der Waals surface area contributed by atoms with Crippen molar-refractivity contribution in [1.82, 2.24) is 15.1 Å². The van der Waals surface area contributed by atoms with E-state index in [0.29, 0.717) is 11.4 Å². The molecule has 0 aliphatic carbocycles. The Bertz CT molecular complexity index is 1460. The van der Waals surface area contributed by atoms with Crippen LogP contribution < -0.4 is 10.6 Å². The Hall–Kier alpha value is -4.63. The standard InChI is InChI=1S/C29H24N4O2/c1-4-20-13-15-21(16-14-20)25-24-19(3)32-33(23-11-6-5-7-12-23)27(24)31-29(35)26(25)30-28(34)22-10-8-9-18(2)17-22/h1,5-17,25-26H,2-3H3,(H,30,34)(H,31,35). The zero-order valence-corrected chi connectivity index (χ0v) is 19.4. The van der Waals surface area contributed by atoms with E-state index in [2.05, 4.69) is 16.6 Å². The molecule has 0 fully saturated rings. The van der Waals surface area contributed by atoms with Crippen molar-refractivity contribution in [2.75, 3.05) is 5.32 Å². The molecule has 2 atom stereocenters. The van der Waals surface area contributed by atoms with E-state index in [4.69, 9.17) is 11.5 Å². The second-order valence-electron chi connectivity index (χ2n) is 8.65. The highest BCUT2D eigenvalue weighted by atomic mass is 16.2. The molecular formula is C29H24N4O2. The van der Waals surface area contributed by atoms with Crippen molar-refractivity contribution >= 4 is 17.6 Å². The average molecular weight is 461 g/mol. The number of aromatic nitrogens is 2. The minimum absolute atomic E-state index is 0.304. The Kier molecular flexibility index (Phi) is 5.68. The molecule has 0 saturated heterocycles. The van der Waals surface area contributed by atoms with Crippen molar-refractivity contribution in [3.8, 4) is 18.0 Å². The Morgan fingerprint density at radius 1 is 1.03 bits per heavy atom. The molecule has 4 aromatic rings. The Labute approximate surface area is 204 Å². The van der Waals surface area contributed by atoms with Crippen LogP contribution in [0.3, 0.4) is 0 Å². The Morgan fingerprint density at radius 3 is 2.46 bits per heavy atom. The van der Waals surface area contributed by atoms with Crippen LogP contribution in [-0.4, -0.2) is 27.6 Å². The van der Waals surface area contributed by atoms with Crippen LogP contribution in [0.1, 0.15) is 44.2 Å². The molecule has 6 heteroatoms. The van der Waals surface area contributed by atoms with Crippen LogP contribution in [0.25, 0.3) is 5.69 Å². The van der Waals surface area contributed by atoms with Crippen molar-refractivity contribution in [3.63, 3.8) is 0 Å². The summed E-state index contributed by atoms with van der Waals surface area (Å²) in [5.41, 5.74) is 5.54. The van der Waals surface area contributed by atoms with Gasteiger partial charge in [0.1, 0.15) is 11.9 Å². The molecule has 2 heterocycles.